The number of hydrogen-bond donors (Lipinski definition) is 0. The van der Waals surface area contributed by atoms with Gasteiger partial charge in [-0.2, -0.15) is 0 Å². The standard InChI is InChI=1S/C30H54O2/c1-21(2)8-7-9-22(3)26-12-13-27-25-11-10-23-20-24(32-19-18-31-6)14-16-29(23,4)28(25)15-17-30(26,27)5/h21-28H,7-20H2,1-6H3. The molecule has 0 N–H and O–H groups in total. The third-order valence-corrected chi connectivity index (χ3v) is 11.5. The summed E-state index contributed by atoms with van der Waals surface area (Å²) in [5.41, 5.74) is 1.20. The van der Waals surface area contributed by atoms with Gasteiger partial charge in [-0.15, -0.1) is 0 Å². The van der Waals surface area contributed by atoms with E-state index in [9.17, 15) is 0 Å². The van der Waals surface area contributed by atoms with E-state index in [-0.39, 0.29) is 0 Å². The lowest BCUT2D eigenvalue weighted by atomic mass is 9.44. The highest BCUT2D eigenvalue weighted by atomic mass is 16.5. The van der Waals surface area contributed by atoms with Crippen LogP contribution in [-0.4, -0.2) is 26.4 Å². The molecule has 0 aromatic rings. The minimum absolute atomic E-state index is 0.483. The molecule has 4 aliphatic rings. The lowest BCUT2D eigenvalue weighted by molar-refractivity contribution is -0.138. The number of methoxy groups -OCH3 is 1. The second kappa shape index (κ2) is 10.3. The summed E-state index contributed by atoms with van der Waals surface area (Å²) in [6.45, 7) is 14.3. The summed E-state index contributed by atoms with van der Waals surface area (Å²) >= 11 is 0. The van der Waals surface area contributed by atoms with E-state index in [1.165, 1.54) is 77.0 Å². The zero-order valence-corrected chi connectivity index (χ0v) is 22.3. The van der Waals surface area contributed by atoms with Crippen molar-refractivity contribution in [3.8, 4) is 0 Å². The van der Waals surface area contributed by atoms with Gasteiger partial charge in [0.25, 0.3) is 0 Å². The molecule has 0 saturated heterocycles. The highest BCUT2D eigenvalue weighted by Crippen LogP contribution is 2.68. The molecular formula is C30H54O2. The first-order valence-electron chi connectivity index (χ1n) is 14.4. The molecule has 4 aliphatic carbocycles. The molecule has 0 bridgehead atoms. The maximum atomic E-state index is 6.20. The quantitative estimate of drug-likeness (QED) is 0.333. The van der Waals surface area contributed by atoms with Crippen LogP contribution in [0.1, 0.15) is 112 Å². The van der Waals surface area contributed by atoms with Crippen molar-refractivity contribution in [2.45, 2.75) is 118 Å². The van der Waals surface area contributed by atoms with Gasteiger partial charge in [0.15, 0.2) is 0 Å². The lowest BCUT2D eigenvalue weighted by Gasteiger charge is -2.61. The molecule has 4 rings (SSSR count). The molecule has 9 unspecified atom stereocenters. The van der Waals surface area contributed by atoms with E-state index in [0.717, 1.165) is 54.6 Å². The molecule has 186 valence electrons. The Hall–Kier alpha value is -0.0800. The van der Waals surface area contributed by atoms with Gasteiger partial charge in [0.2, 0.25) is 0 Å². The number of hydrogen-bond acceptors (Lipinski definition) is 2. The van der Waals surface area contributed by atoms with E-state index in [4.69, 9.17) is 9.47 Å². The number of fused-ring (bicyclic) bond motifs is 5. The average molecular weight is 447 g/mol. The van der Waals surface area contributed by atoms with Crippen molar-refractivity contribution in [2.24, 2.45) is 52.3 Å². The fourth-order valence-electron chi connectivity index (χ4n) is 9.69. The van der Waals surface area contributed by atoms with Crippen LogP contribution in [0.5, 0.6) is 0 Å². The Balaban J connectivity index is 1.39. The molecule has 0 heterocycles. The summed E-state index contributed by atoms with van der Waals surface area (Å²) in [6.07, 6.45) is 17.8. The van der Waals surface area contributed by atoms with Crippen LogP contribution in [0.25, 0.3) is 0 Å². The minimum atomic E-state index is 0.483. The van der Waals surface area contributed by atoms with E-state index in [1.807, 2.05) is 0 Å². The Morgan fingerprint density at radius 3 is 2.31 bits per heavy atom. The second-order valence-corrected chi connectivity index (χ2v) is 13.4. The lowest BCUT2D eigenvalue weighted by Crippen LogP contribution is -2.54. The van der Waals surface area contributed by atoms with Crippen molar-refractivity contribution in [3.63, 3.8) is 0 Å². The van der Waals surface area contributed by atoms with Crippen LogP contribution in [0, 0.1) is 52.3 Å². The Kier molecular flexibility index (Phi) is 8.03. The molecular weight excluding hydrogens is 392 g/mol. The van der Waals surface area contributed by atoms with E-state index in [1.54, 1.807) is 7.11 Å². The Morgan fingerprint density at radius 2 is 1.56 bits per heavy atom. The molecule has 4 saturated carbocycles. The SMILES string of the molecule is COCCOC1CCC2(C)C(CCC3C2CCC2(C)C(C(C)CCCC(C)C)CCC32)C1. The van der Waals surface area contributed by atoms with Crippen LogP contribution < -0.4 is 0 Å². The van der Waals surface area contributed by atoms with Gasteiger partial charge in [-0.05, 0) is 110 Å². The van der Waals surface area contributed by atoms with Gasteiger partial charge in [-0.3, -0.25) is 0 Å². The van der Waals surface area contributed by atoms with Crippen LogP contribution in [0.2, 0.25) is 0 Å². The van der Waals surface area contributed by atoms with E-state index in [0.29, 0.717) is 16.9 Å². The third-order valence-electron chi connectivity index (χ3n) is 11.5. The van der Waals surface area contributed by atoms with Gasteiger partial charge in [0, 0.05) is 7.11 Å². The van der Waals surface area contributed by atoms with Gasteiger partial charge >= 0.3 is 0 Å². The Labute approximate surface area is 200 Å². The molecule has 0 spiro atoms. The van der Waals surface area contributed by atoms with Gasteiger partial charge < -0.3 is 9.47 Å². The first-order valence-corrected chi connectivity index (χ1v) is 14.4. The van der Waals surface area contributed by atoms with Crippen molar-refractivity contribution in [1.82, 2.24) is 0 Å². The smallest absolute Gasteiger partial charge is 0.0704 e. The maximum absolute atomic E-state index is 6.20. The second-order valence-electron chi connectivity index (χ2n) is 13.4. The summed E-state index contributed by atoms with van der Waals surface area (Å²) in [4.78, 5) is 0. The van der Waals surface area contributed by atoms with Gasteiger partial charge in [-0.1, -0.05) is 53.9 Å². The van der Waals surface area contributed by atoms with Gasteiger partial charge in [0.1, 0.15) is 0 Å². The Morgan fingerprint density at radius 1 is 0.812 bits per heavy atom. The van der Waals surface area contributed by atoms with Crippen molar-refractivity contribution < 1.29 is 9.47 Å². The van der Waals surface area contributed by atoms with Crippen LogP contribution in [0.4, 0.5) is 0 Å². The van der Waals surface area contributed by atoms with E-state index in [2.05, 4.69) is 34.6 Å². The fourth-order valence-corrected chi connectivity index (χ4v) is 9.69. The summed E-state index contributed by atoms with van der Waals surface area (Å²) in [7, 11) is 1.78. The van der Waals surface area contributed by atoms with Crippen molar-refractivity contribution in [3.05, 3.63) is 0 Å². The van der Waals surface area contributed by atoms with Crippen molar-refractivity contribution in [2.75, 3.05) is 20.3 Å². The molecule has 0 aliphatic heterocycles. The number of ether oxygens (including phenoxy) is 2. The number of rotatable bonds is 9. The summed E-state index contributed by atoms with van der Waals surface area (Å²) in [5, 5.41) is 0. The van der Waals surface area contributed by atoms with Gasteiger partial charge in [-0.25, -0.2) is 0 Å². The molecule has 0 aromatic carbocycles. The predicted molar refractivity (Wildman–Crippen MR) is 135 cm³/mol. The predicted octanol–water partition coefficient (Wildman–Crippen LogP) is 8.14. The summed E-state index contributed by atoms with van der Waals surface area (Å²) < 4.78 is 11.4. The fraction of sp³-hybridized carbons (Fsp3) is 1.00. The van der Waals surface area contributed by atoms with Crippen molar-refractivity contribution >= 4 is 0 Å². The molecule has 32 heavy (non-hydrogen) atoms. The zero-order chi connectivity index (χ0) is 22.9. The summed E-state index contributed by atoms with van der Waals surface area (Å²) in [6, 6.07) is 0. The molecule has 9 atom stereocenters. The molecule has 2 heteroatoms. The van der Waals surface area contributed by atoms with Crippen molar-refractivity contribution in [1.29, 1.82) is 0 Å². The first kappa shape index (κ1) is 25.0. The highest BCUT2D eigenvalue weighted by Gasteiger charge is 2.60. The monoisotopic (exact) mass is 446 g/mol. The summed E-state index contributed by atoms with van der Waals surface area (Å²) in [5.74, 6) is 6.65. The van der Waals surface area contributed by atoms with Crippen LogP contribution in [-0.2, 0) is 9.47 Å². The highest BCUT2D eigenvalue weighted by molar-refractivity contribution is 5.09. The van der Waals surface area contributed by atoms with Crippen LogP contribution >= 0.6 is 0 Å². The molecule has 0 radical (unpaired) electrons. The third kappa shape index (κ3) is 4.71. The zero-order valence-electron chi connectivity index (χ0n) is 22.3. The van der Waals surface area contributed by atoms with E-state index < -0.39 is 0 Å². The van der Waals surface area contributed by atoms with E-state index >= 15 is 0 Å². The van der Waals surface area contributed by atoms with Crippen LogP contribution in [0.3, 0.4) is 0 Å². The van der Waals surface area contributed by atoms with Gasteiger partial charge in [0.05, 0.1) is 19.3 Å². The average Bonchev–Trinajstić information content (AvgIpc) is 3.11. The van der Waals surface area contributed by atoms with Crippen LogP contribution in [0.15, 0.2) is 0 Å². The molecule has 0 aromatic heterocycles. The topological polar surface area (TPSA) is 18.5 Å². The molecule has 0 amide bonds. The largest absolute Gasteiger partial charge is 0.382 e. The normalized spacial score (nSPS) is 44.7. The molecule has 4 fully saturated rings. The first-order chi connectivity index (χ1) is 15.3. The Bertz CT molecular complexity index is 602. The minimum Gasteiger partial charge on any atom is -0.382 e. The molecule has 2 nitrogen and oxygen atoms in total. The maximum Gasteiger partial charge on any atom is 0.0704 e.